The number of primary amides is 1. The second-order valence-corrected chi connectivity index (χ2v) is 9.74. The Morgan fingerprint density at radius 3 is 2.22 bits per heavy atom. The van der Waals surface area contributed by atoms with E-state index in [1.807, 2.05) is 18.2 Å². The lowest BCUT2D eigenvalue weighted by atomic mass is 10.2. The summed E-state index contributed by atoms with van der Waals surface area (Å²) in [4.78, 5) is 24.8. The molecule has 0 saturated heterocycles. The average Bonchev–Trinajstić information content (AvgIpc) is 2.88. The van der Waals surface area contributed by atoms with E-state index < -0.39 is 46.9 Å². The van der Waals surface area contributed by atoms with Crippen LogP contribution in [0.4, 0.5) is 13.6 Å². The molecular formula is C25H24ClF2N3O5S. The molecule has 0 spiro atoms. The molecule has 37 heavy (non-hydrogen) atoms. The first-order valence-electron chi connectivity index (χ1n) is 10.9. The monoisotopic (exact) mass is 551 g/mol. The molecule has 0 radical (unpaired) electrons. The summed E-state index contributed by atoms with van der Waals surface area (Å²) < 4.78 is 54.1. The zero-order chi connectivity index (χ0) is 26.9. The second-order valence-electron chi connectivity index (χ2n) is 7.81. The largest absolute Gasteiger partial charge is 0.451 e. The van der Waals surface area contributed by atoms with Crippen molar-refractivity contribution in [2.24, 2.45) is 5.73 Å². The van der Waals surface area contributed by atoms with Gasteiger partial charge >= 0.3 is 6.09 Å². The number of benzene rings is 3. The fraction of sp³-hybridized carbons (Fsp3) is 0.200. The molecule has 3 aromatic rings. The van der Waals surface area contributed by atoms with Gasteiger partial charge in [-0.05, 0) is 42.0 Å². The Bertz CT molecular complexity index is 1240. The average molecular weight is 552 g/mol. The number of carbonyl (C=O) groups is 2. The van der Waals surface area contributed by atoms with E-state index in [4.69, 9.17) is 26.8 Å². The van der Waals surface area contributed by atoms with Gasteiger partial charge in [0, 0.05) is 25.2 Å². The van der Waals surface area contributed by atoms with Crippen LogP contribution in [0.15, 0.2) is 71.6 Å². The molecule has 0 saturated carbocycles. The fourth-order valence-corrected chi connectivity index (χ4v) is 4.41. The molecule has 2 amide bonds. The molecule has 0 fully saturated rings. The van der Waals surface area contributed by atoms with Crippen molar-refractivity contribution in [3.8, 4) is 11.5 Å². The summed E-state index contributed by atoms with van der Waals surface area (Å²) in [5, 5.41) is 0.420. The van der Waals surface area contributed by atoms with Gasteiger partial charge in [-0.3, -0.25) is 4.79 Å². The molecular weight excluding hydrogens is 528 g/mol. The molecule has 1 atom stereocenters. The van der Waals surface area contributed by atoms with E-state index in [9.17, 15) is 22.6 Å². The van der Waals surface area contributed by atoms with E-state index in [-0.39, 0.29) is 30.3 Å². The third-order valence-electron chi connectivity index (χ3n) is 4.98. The number of halogens is 3. The van der Waals surface area contributed by atoms with Crippen LogP contribution in [0.25, 0.3) is 0 Å². The fourth-order valence-electron chi connectivity index (χ4n) is 3.08. The first kappa shape index (κ1) is 28.0. The van der Waals surface area contributed by atoms with Crippen LogP contribution >= 0.6 is 11.6 Å². The maximum absolute atomic E-state index is 14.7. The molecule has 2 N–H and O–H groups in total. The zero-order valence-corrected chi connectivity index (χ0v) is 21.3. The smallest absolute Gasteiger partial charge is 0.409 e. The Labute approximate surface area is 220 Å². The first-order chi connectivity index (χ1) is 17.6. The molecule has 12 heteroatoms. The zero-order valence-electron chi connectivity index (χ0n) is 19.7. The molecule has 8 nitrogen and oxygen atoms in total. The lowest BCUT2D eigenvalue weighted by Gasteiger charge is -2.23. The van der Waals surface area contributed by atoms with E-state index in [1.165, 1.54) is 36.2 Å². The molecule has 0 heterocycles. The SMILES string of the molecule is CN(CCN(CC(N)=O)S(=O)c1cc(F)c(Oc2ccc(Cl)cc2)c(F)c1)C(=O)OCc1ccccc1. The summed E-state index contributed by atoms with van der Waals surface area (Å²) >= 11 is 5.80. The number of nitrogens with zero attached hydrogens (tertiary/aromatic N) is 2. The van der Waals surface area contributed by atoms with Gasteiger partial charge in [-0.25, -0.2) is 22.1 Å². The van der Waals surface area contributed by atoms with Crippen LogP contribution in [0, 0.1) is 11.6 Å². The summed E-state index contributed by atoms with van der Waals surface area (Å²) in [6.07, 6.45) is -0.644. The van der Waals surface area contributed by atoms with Crippen LogP contribution in [-0.2, 0) is 27.1 Å². The number of ether oxygens (including phenoxy) is 2. The molecule has 0 bridgehead atoms. The maximum Gasteiger partial charge on any atom is 0.409 e. The lowest BCUT2D eigenvalue weighted by molar-refractivity contribution is -0.118. The normalized spacial score (nSPS) is 11.7. The van der Waals surface area contributed by atoms with E-state index in [2.05, 4.69) is 0 Å². The van der Waals surface area contributed by atoms with Crippen molar-refractivity contribution in [2.45, 2.75) is 11.5 Å². The molecule has 3 aromatic carbocycles. The number of hydrogen-bond acceptors (Lipinski definition) is 5. The highest BCUT2D eigenvalue weighted by Gasteiger charge is 2.23. The number of likely N-dealkylation sites (N-methyl/N-ethyl adjacent to an activating group) is 1. The highest BCUT2D eigenvalue weighted by molar-refractivity contribution is 7.82. The molecule has 0 aromatic heterocycles. The quantitative estimate of drug-likeness (QED) is 0.378. The Morgan fingerprint density at radius 2 is 1.62 bits per heavy atom. The maximum atomic E-state index is 14.7. The van der Waals surface area contributed by atoms with E-state index in [0.29, 0.717) is 5.02 Å². The van der Waals surface area contributed by atoms with Crippen LogP contribution in [0.5, 0.6) is 11.5 Å². The third kappa shape index (κ3) is 8.24. The van der Waals surface area contributed by atoms with E-state index in [0.717, 1.165) is 22.0 Å². The number of hydrogen-bond donors (Lipinski definition) is 1. The Kier molecular flexibility index (Phi) is 9.95. The van der Waals surface area contributed by atoms with Crippen molar-refractivity contribution in [2.75, 3.05) is 26.7 Å². The van der Waals surface area contributed by atoms with Gasteiger partial charge in [0.05, 0.1) is 11.4 Å². The Hall–Kier alpha value is -3.54. The summed E-state index contributed by atoms with van der Waals surface area (Å²) in [6, 6.07) is 16.6. The minimum atomic E-state index is -2.18. The lowest BCUT2D eigenvalue weighted by Crippen LogP contribution is -2.41. The number of nitrogens with two attached hydrogens (primary N) is 1. The highest BCUT2D eigenvalue weighted by Crippen LogP contribution is 2.30. The van der Waals surface area contributed by atoms with Crippen molar-refractivity contribution in [1.82, 2.24) is 9.21 Å². The topological polar surface area (TPSA) is 102 Å². The van der Waals surface area contributed by atoms with Gasteiger partial charge in [0.15, 0.2) is 17.4 Å². The molecule has 0 aliphatic heterocycles. The van der Waals surface area contributed by atoms with Gasteiger partial charge in [0.25, 0.3) is 0 Å². The summed E-state index contributed by atoms with van der Waals surface area (Å²) in [7, 11) is -0.723. The molecule has 1 unspecified atom stereocenters. The van der Waals surface area contributed by atoms with Gasteiger partial charge in [-0.1, -0.05) is 41.9 Å². The van der Waals surface area contributed by atoms with Crippen molar-refractivity contribution in [3.05, 3.63) is 89.0 Å². The van der Waals surface area contributed by atoms with Gasteiger partial charge in [-0.15, -0.1) is 0 Å². The van der Waals surface area contributed by atoms with Gasteiger partial charge in [0.2, 0.25) is 5.91 Å². The minimum Gasteiger partial charge on any atom is -0.451 e. The minimum absolute atomic E-state index is 0.00459. The van der Waals surface area contributed by atoms with Gasteiger partial charge in [0.1, 0.15) is 23.3 Å². The van der Waals surface area contributed by atoms with Gasteiger partial charge < -0.3 is 20.1 Å². The molecule has 0 aliphatic carbocycles. The third-order valence-corrected chi connectivity index (χ3v) is 6.65. The van der Waals surface area contributed by atoms with Crippen molar-refractivity contribution >= 4 is 34.6 Å². The van der Waals surface area contributed by atoms with Gasteiger partial charge in [-0.2, -0.15) is 0 Å². The van der Waals surface area contributed by atoms with Crippen LogP contribution in [-0.4, -0.2) is 52.1 Å². The van der Waals surface area contributed by atoms with Crippen LogP contribution in [0.1, 0.15) is 5.56 Å². The van der Waals surface area contributed by atoms with Crippen LogP contribution in [0.2, 0.25) is 5.02 Å². The summed E-state index contributed by atoms with van der Waals surface area (Å²) in [6.45, 7) is -0.524. The Morgan fingerprint density at radius 1 is 1.00 bits per heavy atom. The Balaban J connectivity index is 1.67. The first-order valence-corrected chi connectivity index (χ1v) is 12.4. The summed E-state index contributed by atoms with van der Waals surface area (Å²) in [5.74, 6) is -3.55. The van der Waals surface area contributed by atoms with E-state index >= 15 is 0 Å². The predicted molar refractivity (Wildman–Crippen MR) is 134 cm³/mol. The molecule has 196 valence electrons. The van der Waals surface area contributed by atoms with Crippen molar-refractivity contribution in [1.29, 1.82) is 0 Å². The number of rotatable bonds is 11. The van der Waals surface area contributed by atoms with Crippen LogP contribution < -0.4 is 10.5 Å². The van der Waals surface area contributed by atoms with Crippen molar-refractivity contribution in [3.63, 3.8) is 0 Å². The second kappa shape index (κ2) is 13.1. The molecule has 0 aliphatic rings. The summed E-state index contributed by atoms with van der Waals surface area (Å²) in [5.41, 5.74) is 6.07. The van der Waals surface area contributed by atoms with Crippen molar-refractivity contribution < 1.29 is 32.1 Å². The highest BCUT2D eigenvalue weighted by atomic mass is 35.5. The van der Waals surface area contributed by atoms with Crippen LogP contribution in [0.3, 0.4) is 0 Å². The standard InChI is InChI=1S/C25H24ClF2N3O5S/c1-30(25(33)35-16-17-5-3-2-4-6-17)11-12-31(15-23(29)32)37(34)20-13-21(27)24(22(28)14-20)36-19-9-7-18(26)8-10-19/h2-10,13-14H,11-12,15-16H2,1H3,(H2,29,32). The molecule has 3 rings (SSSR count). The predicted octanol–water partition coefficient (Wildman–Crippen LogP) is 4.49. The number of carbonyl (C=O) groups excluding carboxylic acids is 2. The van der Waals surface area contributed by atoms with E-state index in [1.54, 1.807) is 12.1 Å². The number of amides is 2.